The highest BCUT2D eigenvalue weighted by molar-refractivity contribution is 5.48. The molecule has 0 fully saturated rings. The Bertz CT molecular complexity index is 1070. The SMILES string of the molecule is c1ccc(C(c2ccccc2)c2cccc(C(c3ccccc3)c3ccccc3)c2)cc1. The van der Waals surface area contributed by atoms with Crippen molar-refractivity contribution in [2.75, 3.05) is 0 Å². The Morgan fingerprint density at radius 2 is 0.500 bits per heavy atom. The molecule has 0 nitrogen and oxygen atoms in total. The molecule has 0 atom stereocenters. The topological polar surface area (TPSA) is 0 Å². The van der Waals surface area contributed by atoms with Crippen LogP contribution in [0.15, 0.2) is 146 Å². The van der Waals surface area contributed by atoms with Crippen LogP contribution in [0.4, 0.5) is 0 Å². The first kappa shape index (κ1) is 20.0. The summed E-state index contributed by atoms with van der Waals surface area (Å²) >= 11 is 0. The summed E-state index contributed by atoms with van der Waals surface area (Å²) in [7, 11) is 0. The number of hydrogen-bond acceptors (Lipinski definition) is 0. The average Bonchev–Trinajstić information content (AvgIpc) is 2.87. The molecule has 0 aliphatic heterocycles. The van der Waals surface area contributed by atoms with Crippen LogP contribution in [0.2, 0.25) is 0 Å². The second-order valence-electron chi connectivity index (χ2n) is 8.18. The van der Waals surface area contributed by atoms with Gasteiger partial charge in [0, 0.05) is 11.8 Å². The van der Waals surface area contributed by atoms with Crippen LogP contribution < -0.4 is 0 Å². The molecule has 5 rings (SSSR count). The highest BCUT2D eigenvalue weighted by atomic mass is 14.2. The van der Waals surface area contributed by atoms with E-state index in [1.807, 2.05) is 0 Å². The summed E-state index contributed by atoms with van der Waals surface area (Å²) in [6.45, 7) is 0. The van der Waals surface area contributed by atoms with Gasteiger partial charge in [-0.05, 0) is 33.4 Å². The molecule has 0 spiro atoms. The third-order valence-electron chi connectivity index (χ3n) is 6.11. The minimum absolute atomic E-state index is 0.199. The van der Waals surface area contributed by atoms with E-state index >= 15 is 0 Å². The second-order valence-corrected chi connectivity index (χ2v) is 8.18. The molecule has 0 heteroatoms. The van der Waals surface area contributed by atoms with Gasteiger partial charge in [-0.3, -0.25) is 0 Å². The van der Waals surface area contributed by atoms with Gasteiger partial charge in [0.15, 0.2) is 0 Å². The highest BCUT2D eigenvalue weighted by Gasteiger charge is 2.20. The van der Waals surface area contributed by atoms with Gasteiger partial charge in [-0.1, -0.05) is 146 Å². The molecule has 0 radical (unpaired) electrons. The predicted molar refractivity (Wildman–Crippen MR) is 134 cm³/mol. The van der Waals surface area contributed by atoms with Crippen LogP contribution in [-0.4, -0.2) is 0 Å². The summed E-state index contributed by atoms with van der Waals surface area (Å²) in [5.74, 6) is 0.397. The Labute approximate surface area is 190 Å². The molecule has 0 aromatic heterocycles. The van der Waals surface area contributed by atoms with Gasteiger partial charge >= 0.3 is 0 Å². The molecular weight excluding hydrogens is 384 g/mol. The first-order valence-corrected chi connectivity index (χ1v) is 11.2. The van der Waals surface area contributed by atoms with Crippen molar-refractivity contribution in [1.82, 2.24) is 0 Å². The summed E-state index contributed by atoms with van der Waals surface area (Å²) in [6, 6.07) is 52.4. The summed E-state index contributed by atoms with van der Waals surface area (Å²) < 4.78 is 0. The molecule has 5 aromatic carbocycles. The fourth-order valence-electron chi connectivity index (χ4n) is 4.65. The van der Waals surface area contributed by atoms with Crippen molar-refractivity contribution >= 4 is 0 Å². The Kier molecular flexibility index (Phi) is 5.94. The third kappa shape index (κ3) is 4.26. The van der Waals surface area contributed by atoms with Crippen molar-refractivity contribution < 1.29 is 0 Å². The van der Waals surface area contributed by atoms with Crippen LogP contribution in [0.5, 0.6) is 0 Å². The minimum Gasteiger partial charge on any atom is -0.0622 e. The summed E-state index contributed by atoms with van der Waals surface area (Å²) in [5, 5.41) is 0. The molecule has 0 saturated carbocycles. The molecule has 0 amide bonds. The Balaban J connectivity index is 1.65. The quantitative estimate of drug-likeness (QED) is 0.248. The molecule has 0 unspecified atom stereocenters. The van der Waals surface area contributed by atoms with E-state index in [1.165, 1.54) is 33.4 Å². The lowest BCUT2D eigenvalue weighted by atomic mass is 9.80. The molecule has 32 heavy (non-hydrogen) atoms. The van der Waals surface area contributed by atoms with Crippen LogP contribution in [0.3, 0.4) is 0 Å². The number of rotatable bonds is 6. The van der Waals surface area contributed by atoms with Gasteiger partial charge in [0.25, 0.3) is 0 Å². The maximum absolute atomic E-state index is 2.40. The van der Waals surface area contributed by atoms with Crippen molar-refractivity contribution in [3.63, 3.8) is 0 Å². The first-order valence-electron chi connectivity index (χ1n) is 11.2. The number of hydrogen-bond donors (Lipinski definition) is 0. The van der Waals surface area contributed by atoms with E-state index in [-0.39, 0.29) is 11.8 Å². The van der Waals surface area contributed by atoms with Gasteiger partial charge in [-0.25, -0.2) is 0 Å². The Morgan fingerprint density at radius 3 is 0.781 bits per heavy atom. The van der Waals surface area contributed by atoms with Crippen LogP contribution >= 0.6 is 0 Å². The largest absolute Gasteiger partial charge is 0.0622 e. The van der Waals surface area contributed by atoms with Gasteiger partial charge in [0.1, 0.15) is 0 Å². The summed E-state index contributed by atoms with van der Waals surface area (Å²) in [4.78, 5) is 0. The standard InChI is InChI=1S/C32H26/c1-5-14-25(15-6-1)31(26-16-7-2-8-17-26)29-22-13-23-30(24-29)32(27-18-9-3-10-19-27)28-20-11-4-12-21-28/h1-24,31-32H. The summed E-state index contributed by atoms with van der Waals surface area (Å²) in [6.07, 6.45) is 0. The highest BCUT2D eigenvalue weighted by Crippen LogP contribution is 2.36. The third-order valence-corrected chi connectivity index (χ3v) is 6.11. The molecule has 0 aliphatic rings. The summed E-state index contributed by atoms with van der Waals surface area (Å²) in [5.41, 5.74) is 7.88. The second kappa shape index (κ2) is 9.49. The molecule has 0 saturated heterocycles. The molecule has 0 N–H and O–H groups in total. The predicted octanol–water partition coefficient (Wildman–Crippen LogP) is 8.05. The van der Waals surface area contributed by atoms with Crippen LogP contribution in [0.1, 0.15) is 45.2 Å². The average molecular weight is 411 g/mol. The fraction of sp³-hybridized carbons (Fsp3) is 0.0625. The zero-order valence-electron chi connectivity index (χ0n) is 18.0. The van der Waals surface area contributed by atoms with Crippen molar-refractivity contribution in [3.05, 3.63) is 179 Å². The van der Waals surface area contributed by atoms with Gasteiger partial charge < -0.3 is 0 Å². The Hall–Kier alpha value is -3.90. The molecule has 0 aliphatic carbocycles. The Morgan fingerprint density at radius 1 is 0.250 bits per heavy atom. The molecule has 5 aromatic rings. The van der Waals surface area contributed by atoms with Crippen molar-refractivity contribution in [1.29, 1.82) is 0 Å². The van der Waals surface area contributed by atoms with Gasteiger partial charge in [0.2, 0.25) is 0 Å². The van der Waals surface area contributed by atoms with Crippen LogP contribution in [0, 0.1) is 0 Å². The van der Waals surface area contributed by atoms with Crippen molar-refractivity contribution in [2.45, 2.75) is 11.8 Å². The van der Waals surface area contributed by atoms with Crippen LogP contribution in [0.25, 0.3) is 0 Å². The van der Waals surface area contributed by atoms with E-state index < -0.39 is 0 Å². The van der Waals surface area contributed by atoms with E-state index in [1.54, 1.807) is 0 Å². The van der Waals surface area contributed by atoms with Gasteiger partial charge in [0.05, 0.1) is 0 Å². The lowest BCUT2D eigenvalue weighted by molar-refractivity contribution is 0.940. The van der Waals surface area contributed by atoms with E-state index in [4.69, 9.17) is 0 Å². The van der Waals surface area contributed by atoms with Crippen LogP contribution in [-0.2, 0) is 0 Å². The molecular formula is C32H26. The smallest absolute Gasteiger partial charge is 0.0340 e. The van der Waals surface area contributed by atoms with Gasteiger partial charge in [-0.15, -0.1) is 0 Å². The maximum atomic E-state index is 2.40. The molecule has 0 heterocycles. The minimum atomic E-state index is 0.199. The van der Waals surface area contributed by atoms with E-state index in [2.05, 4.69) is 146 Å². The molecule has 154 valence electrons. The molecule has 0 bridgehead atoms. The van der Waals surface area contributed by atoms with E-state index in [0.29, 0.717) is 0 Å². The van der Waals surface area contributed by atoms with Crippen molar-refractivity contribution in [2.24, 2.45) is 0 Å². The first-order chi connectivity index (χ1) is 15.9. The number of benzene rings is 5. The zero-order chi connectivity index (χ0) is 21.6. The van der Waals surface area contributed by atoms with Gasteiger partial charge in [-0.2, -0.15) is 0 Å². The monoisotopic (exact) mass is 410 g/mol. The van der Waals surface area contributed by atoms with E-state index in [0.717, 1.165) is 0 Å². The normalized spacial score (nSPS) is 11.1. The maximum Gasteiger partial charge on any atom is 0.0340 e. The zero-order valence-corrected chi connectivity index (χ0v) is 18.0. The van der Waals surface area contributed by atoms with E-state index in [9.17, 15) is 0 Å². The fourth-order valence-corrected chi connectivity index (χ4v) is 4.65. The lowest BCUT2D eigenvalue weighted by Crippen LogP contribution is -2.07. The van der Waals surface area contributed by atoms with Crippen molar-refractivity contribution in [3.8, 4) is 0 Å². The lowest BCUT2D eigenvalue weighted by Gasteiger charge is -2.23.